The second-order valence-corrected chi connectivity index (χ2v) is 6.77. The lowest BCUT2D eigenvalue weighted by molar-refractivity contribution is -0.142. The van der Waals surface area contributed by atoms with Gasteiger partial charge < -0.3 is 5.11 Å². The predicted octanol–water partition coefficient (Wildman–Crippen LogP) is 0.523. The standard InChI is InChI=1S/C10H17NO4S/c12-10(13)9-2-1-5-11(6-9)16(14,15)7-8-3-4-8/h8-9H,1-7H2,(H,12,13)/t9-/m1/s1. The van der Waals surface area contributed by atoms with E-state index in [0.29, 0.717) is 25.3 Å². The first-order valence-electron chi connectivity index (χ1n) is 5.69. The predicted molar refractivity (Wildman–Crippen MR) is 58.4 cm³/mol. The maximum Gasteiger partial charge on any atom is 0.307 e. The molecule has 1 saturated heterocycles. The van der Waals surface area contributed by atoms with Crippen molar-refractivity contribution in [3.05, 3.63) is 0 Å². The Labute approximate surface area is 95.5 Å². The third-order valence-corrected chi connectivity index (χ3v) is 5.28. The fourth-order valence-electron chi connectivity index (χ4n) is 2.08. The summed E-state index contributed by atoms with van der Waals surface area (Å²) in [5.74, 6) is -0.886. The van der Waals surface area contributed by atoms with E-state index in [0.717, 1.165) is 12.8 Å². The minimum absolute atomic E-state index is 0.157. The van der Waals surface area contributed by atoms with Gasteiger partial charge in [0.15, 0.2) is 0 Å². The molecule has 0 spiro atoms. The molecule has 1 heterocycles. The van der Waals surface area contributed by atoms with Gasteiger partial charge in [-0.3, -0.25) is 4.79 Å². The first-order chi connectivity index (χ1) is 7.49. The number of piperidine rings is 1. The van der Waals surface area contributed by atoms with Crippen LogP contribution in [0.1, 0.15) is 25.7 Å². The average molecular weight is 247 g/mol. The van der Waals surface area contributed by atoms with Gasteiger partial charge in [-0.15, -0.1) is 0 Å². The number of carboxylic acid groups (broad SMARTS) is 1. The molecule has 0 aromatic rings. The molecule has 2 aliphatic rings. The van der Waals surface area contributed by atoms with Crippen molar-refractivity contribution in [3.8, 4) is 0 Å². The Bertz CT molecular complexity index is 374. The summed E-state index contributed by atoms with van der Waals surface area (Å²) < 4.78 is 25.2. The number of carboxylic acids is 1. The van der Waals surface area contributed by atoms with Crippen molar-refractivity contribution >= 4 is 16.0 Å². The highest BCUT2D eigenvalue weighted by atomic mass is 32.2. The van der Waals surface area contributed by atoms with Crippen molar-refractivity contribution in [2.24, 2.45) is 11.8 Å². The van der Waals surface area contributed by atoms with Crippen molar-refractivity contribution < 1.29 is 18.3 Å². The Morgan fingerprint density at radius 1 is 1.31 bits per heavy atom. The van der Waals surface area contributed by atoms with Crippen molar-refractivity contribution in [2.45, 2.75) is 25.7 Å². The van der Waals surface area contributed by atoms with Crippen LogP contribution in [0.5, 0.6) is 0 Å². The summed E-state index contributed by atoms with van der Waals surface area (Å²) in [5.41, 5.74) is 0. The van der Waals surface area contributed by atoms with Crippen molar-refractivity contribution in [3.63, 3.8) is 0 Å². The molecular weight excluding hydrogens is 230 g/mol. The van der Waals surface area contributed by atoms with E-state index in [-0.39, 0.29) is 12.3 Å². The SMILES string of the molecule is O=C(O)[C@@H]1CCCN(S(=O)(=O)CC2CC2)C1. The molecule has 2 fully saturated rings. The van der Waals surface area contributed by atoms with Gasteiger partial charge in [-0.1, -0.05) is 0 Å². The Morgan fingerprint density at radius 2 is 2.00 bits per heavy atom. The van der Waals surface area contributed by atoms with Gasteiger partial charge >= 0.3 is 5.97 Å². The molecule has 92 valence electrons. The van der Waals surface area contributed by atoms with Crippen LogP contribution in [0.4, 0.5) is 0 Å². The zero-order valence-electron chi connectivity index (χ0n) is 9.13. The molecule has 0 aromatic heterocycles. The summed E-state index contributed by atoms with van der Waals surface area (Å²) in [5, 5.41) is 8.89. The normalized spacial score (nSPS) is 27.9. The van der Waals surface area contributed by atoms with E-state index < -0.39 is 21.9 Å². The zero-order valence-corrected chi connectivity index (χ0v) is 9.95. The molecule has 2 rings (SSSR count). The molecule has 16 heavy (non-hydrogen) atoms. The first kappa shape index (κ1) is 11.9. The largest absolute Gasteiger partial charge is 0.481 e. The van der Waals surface area contributed by atoms with Gasteiger partial charge in [0.2, 0.25) is 10.0 Å². The second-order valence-electron chi connectivity index (χ2n) is 4.76. The Kier molecular flexibility index (Phi) is 3.21. The van der Waals surface area contributed by atoms with Gasteiger partial charge in [0, 0.05) is 13.1 Å². The highest BCUT2D eigenvalue weighted by Gasteiger charge is 2.36. The van der Waals surface area contributed by atoms with Crippen LogP contribution in [0.15, 0.2) is 0 Å². The van der Waals surface area contributed by atoms with Gasteiger partial charge in [-0.2, -0.15) is 0 Å². The maximum atomic E-state index is 11.9. The van der Waals surface area contributed by atoms with Gasteiger partial charge in [0.1, 0.15) is 0 Å². The third kappa shape index (κ3) is 2.74. The lowest BCUT2D eigenvalue weighted by atomic mass is 10.0. The van der Waals surface area contributed by atoms with Crippen molar-refractivity contribution in [1.82, 2.24) is 4.31 Å². The molecule has 0 aromatic carbocycles. The van der Waals surface area contributed by atoms with Crippen LogP contribution >= 0.6 is 0 Å². The van der Waals surface area contributed by atoms with Crippen LogP contribution in [0, 0.1) is 11.8 Å². The van der Waals surface area contributed by atoms with Crippen LogP contribution in [-0.4, -0.2) is 42.6 Å². The molecule has 0 amide bonds. The zero-order chi connectivity index (χ0) is 11.8. The molecule has 1 saturated carbocycles. The fourth-order valence-corrected chi connectivity index (χ4v) is 4.04. The molecular formula is C10H17NO4S. The second kappa shape index (κ2) is 4.33. The first-order valence-corrected chi connectivity index (χ1v) is 7.30. The topological polar surface area (TPSA) is 74.7 Å². The van der Waals surface area contributed by atoms with E-state index in [1.165, 1.54) is 4.31 Å². The van der Waals surface area contributed by atoms with Gasteiger partial charge in [-0.25, -0.2) is 12.7 Å². The van der Waals surface area contributed by atoms with Gasteiger partial charge in [-0.05, 0) is 31.6 Å². The summed E-state index contributed by atoms with van der Waals surface area (Å²) in [6.07, 6.45) is 3.23. The fraction of sp³-hybridized carbons (Fsp3) is 0.900. The average Bonchev–Trinajstić information content (AvgIpc) is 3.01. The molecule has 0 radical (unpaired) electrons. The monoisotopic (exact) mass is 247 g/mol. The van der Waals surface area contributed by atoms with Crippen LogP contribution < -0.4 is 0 Å². The van der Waals surface area contributed by atoms with Crippen LogP contribution in [0.25, 0.3) is 0 Å². The smallest absolute Gasteiger partial charge is 0.307 e. The van der Waals surface area contributed by atoms with Gasteiger partial charge in [0.25, 0.3) is 0 Å². The van der Waals surface area contributed by atoms with Crippen molar-refractivity contribution in [2.75, 3.05) is 18.8 Å². The van der Waals surface area contributed by atoms with E-state index in [1.807, 2.05) is 0 Å². The van der Waals surface area contributed by atoms with Crippen LogP contribution in [0.3, 0.4) is 0 Å². The number of carbonyl (C=O) groups is 1. The lowest BCUT2D eigenvalue weighted by Gasteiger charge is -2.29. The molecule has 1 aliphatic heterocycles. The maximum absolute atomic E-state index is 11.9. The number of nitrogens with zero attached hydrogens (tertiary/aromatic N) is 1. The number of sulfonamides is 1. The summed E-state index contributed by atoms with van der Waals surface area (Å²) in [7, 11) is -3.22. The van der Waals surface area contributed by atoms with Crippen LogP contribution in [-0.2, 0) is 14.8 Å². The summed E-state index contributed by atoms with van der Waals surface area (Å²) in [4.78, 5) is 10.8. The molecule has 0 bridgehead atoms. The van der Waals surface area contributed by atoms with Crippen molar-refractivity contribution in [1.29, 1.82) is 0 Å². The summed E-state index contributed by atoms with van der Waals surface area (Å²) >= 11 is 0. The molecule has 0 unspecified atom stereocenters. The number of rotatable bonds is 4. The minimum atomic E-state index is -3.22. The number of hydrogen-bond donors (Lipinski definition) is 1. The lowest BCUT2D eigenvalue weighted by Crippen LogP contribution is -2.43. The van der Waals surface area contributed by atoms with Crippen LogP contribution in [0.2, 0.25) is 0 Å². The third-order valence-electron chi connectivity index (χ3n) is 3.27. The molecule has 1 N–H and O–H groups in total. The number of aliphatic carboxylic acids is 1. The van der Waals surface area contributed by atoms with E-state index in [4.69, 9.17) is 5.11 Å². The highest BCUT2D eigenvalue weighted by molar-refractivity contribution is 7.89. The molecule has 6 heteroatoms. The summed E-state index contributed by atoms with van der Waals surface area (Å²) in [6, 6.07) is 0. The Hall–Kier alpha value is -0.620. The molecule has 5 nitrogen and oxygen atoms in total. The van der Waals surface area contributed by atoms with Gasteiger partial charge in [0.05, 0.1) is 11.7 Å². The molecule has 1 atom stereocenters. The van der Waals surface area contributed by atoms with E-state index in [2.05, 4.69) is 0 Å². The highest BCUT2D eigenvalue weighted by Crippen LogP contribution is 2.32. The quantitative estimate of drug-likeness (QED) is 0.786. The number of hydrogen-bond acceptors (Lipinski definition) is 3. The molecule has 1 aliphatic carbocycles. The Morgan fingerprint density at radius 3 is 2.56 bits per heavy atom. The Balaban J connectivity index is 1.99. The summed E-state index contributed by atoms with van der Waals surface area (Å²) in [6.45, 7) is 0.642. The van der Waals surface area contributed by atoms with E-state index in [1.54, 1.807) is 0 Å². The minimum Gasteiger partial charge on any atom is -0.481 e. The van der Waals surface area contributed by atoms with E-state index in [9.17, 15) is 13.2 Å². The van der Waals surface area contributed by atoms with E-state index >= 15 is 0 Å².